The van der Waals surface area contributed by atoms with E-state index in [-0.39, 0.29) is 17.6 Å². The molecular formula is C13H20FNO2. The first kappa shape index (κ1) is 13.9. The minimum absolute atomic E-state index is 0.0209. The molecule has 1 atom stereocenters. The first-order chi connectivity index (χ1) is 8.06. The normalized spacial score (nSPS) is 13.0. The first-order valence-corrected chi connectivity index (χ1v) is 5.74. The quantitative estimate of drug-likeness (QED) is 0.777. The molecule has 0 aliphatic rings. The fourth-order valence-electron chi connectivity index (χ4n) is 1.74. The summed E-state index contributed by atoms with van der Waals surface area (Å²) < 4.78 is 18.6. The van der Waals surface area contributed by atoms with Gasteiger partial charge >= 0.3 is 0 Å². The summed E-state index contributed by atoms with van der Waals surface area (Å²) in [5, 5.41) is 9.16. The highest BCUT2D eigenvalue weighted by atomic mass is 19.1. The smallest absolute Gasteiger partial charge is 0.131 e. The summed E-state index contributed by atoms with van der Waals surface area (Å²) in [6, 6.07) is 4.27. The molecule has 1 unspecified atom stereocenters. The van der Waals surface area contributed by atoms with E-state index < -0.39 is 0 Å². The second-order valence-corrected chi connectivity index (χ2v) is 4.21. The number of phenols is 1. The third-order valence-corrected chi connectivity index (χ3v) is 2.95. The summed E-state index contributed by atoms with van der Waals surface area (Å²) in [6.45, 7) is 3.49. The van der Waals surface area contributed by atoms with Gasteiger partial charge in [-0.2, -0.15) is 0 Å². The average molecular weight is 241 g/mol. The van der Waals surface area contributed by atoms with Crippen LogP contribution < -0.4 is 0 Å². The molecule has 0 saturated heterocycles. The lowest BCUT2D eigenvalue weighted by Crippen LogP contribution is -2.25. The highest BCUT2D eigenvalue weighted by molar-refractivity contribution is 5.29. The van der Waals surface area contributed by atoms with Crippen molar-refractivity contribution >= 4 is 0 Å². The van der Waals surface area contributed by atoms with Crippen molar-refractivity contribution in [1.82, 2.24) is 4.90 Å². The molecule has 0 amide bonds. The second-order valence-electron chi connectivity index (χ2n) is 4.21. The minimum Gasteiger partial charge on any atom is -0.508 e. The number of aromatic hydroxyl groups is 1. The predicted molar refractivity (Wildman–Crippen MR) is 65.6 cm³/mol. The summed E-state index contributed by atoms with van der Waals surface area (Å²) in [5.41, 5.74) is 0.600. The van der Waals surface area contributed by atoms with Gasteiger partial charge < -0.3 is 9.84 Å². The Bertz CT molecular complexity index is 357. The fourth-order valence-corrected chi connectivity index (χ4v) is 1.74. The van der Waals surface area contributed by atoms with Crippen LogP contribution in [-0.2, 0) is 4.74 Å². The second kappa shape index (κ2) is 6.57. The maximum atomic E-state index is 13.6. The molecule has 1 N–H and O–H groups in total. The molecule has 3 nitrogen and oxygen atoms in total. The standard InChI is InChI=1S/C13H20FNO2/c1-10(15(2)7-4-8-17-3)12-6-5-11(16)9-13(12)14/h5-6,9-10,16H,4,7-8H2,1-3H3. The van der Waals surface area contributed by atoms with E-state index in [0.29, 0.717) is 12.2 Å². The molecule has 0 spiro atoms. The van der Waals surface area contributed by atoms with E-state index in [9.17, 15) is 4.39 Å². The van der Waals surface area contributed by atoms with Crippen molar-refractivity contribution in [3.05, 3.63) is 29.6 Å². The van der Waals surface area contributed by atoms with Crippen molar-refractivity contribution in [2.24, 2.45) is 0 Å². The topological polar surface area (TPSA) is 32.7 Å². The average Bonchev–Trinajstić information content (AvgIpc) is 2.28. The van der Waals surface area contributed by atoms with E-state index in [1.807, 2.05) is 14.0 Å². The SMILES string of the molecule is COCCCN(C)C(C)c1ccc(O)cc1F. The highest BCUT2D eigenvalue weighted by Gasteiger charge is 2.15. The number of hydrogen-bond acceptors (Lipinski definition) is 3. The van der Waals surface area contributed by atoms with Gasteiger partial charge in [-0.05, 0) is 26.5 Å². The lowest BCUT2D eigenvalue weighted by atomic mass is 10.1. The van der Waals surface area contributed by atoms with Gasteiger partial charge in [0.1, 0.15) is 11.6 Å². The van der Waals surface area contributed by atoms with Gasteiger partial charge in [0.15, 0.2) is 0 Å². The molecular weight excluding hydrogens is 221 g/mol. The first-order valence-electron chi connectivity index (χ1n) is 5.74. The lowest BCUT2D eigenvalue weighted by molar-refractivity contribution is 0.168. The van der Waals surface area contributed by atoms with Crippen LogP contribution in [-0.4, -0.2) is 37.3 Å². The Morgan fingerprint density at radius 2 is 2.18 bits per heavy atom. The van der Waals surface area contributed by atoms with Crippen molar-refractivity contribution in [2.45, 2.75) is 19.4 Å². The Morgan fingerprint density at radius 1 is 1.47 bits per heavy atom. The molecule has 0 aromatic heterocycles. The largest absolute Gasteiger partial charge is 0.508 e. The van der Waals surface area contributed by atoms with Crippen molar-refractivity contribution in [2.75, 3.05) is 27.3 Å². The number of halogens is 1. The molecule has 0 radical (unpaired) electrons. The van der Waals surface area contributed by atoms with Gasteiger partial charge in [-0.15, -0.1) is 0 Å². The third kappa shape index (κ3) is 3.98. The molecule has 1 aromatic carbocycles. The minimum atomic E-state index is -0.365. The van der Waals surface area contributed by atoms with Gasteiger partial charge in [0.25, 0.3) is 0 Å². The van der Waals surface area contributed by atoms with Crippen molar-refractivity contribution < 1.29 is 14.2 Å². The summed E-state index contributed by atoms with van der Waals surface area (Å²) in [4.78, 5) is 2.06. The number of rotatable bonds is 6. The van der Waals surface area contributed by atoms with Gasteiger partial charge in [0, 0.05) is 37.9 Å². The summed E-state index contributed by atoms with van der Waals surface area (Å²) in [5.74, 6) is -0.406. The number of ether oxygens (including phenoxy) is 1. The number of hydrogen-bond donors (Lipinski definition) is 1. The molecule has 0 bridgehead atoms. The number of benzene rings is 1. The van der Waals surface area contributed by atoms with E-state index in [4.69, 9.17) is 9.84 Å². The predicted octanol–water partition coefficient (Wildman–Crippen LogP) is 2.56. The van der Waals surface area contributed by atoms with Crippen molar-refractivity contribution in [1.29, 1.82) is 0 Å². The van der Waals surface area contributed by atoms with E-state index >= 15 is 0 Å². The Kier molecular flexibility index (Phi) is 5.38. The van der Waals surface area contributed by atoms with E-state index in [0.717, 1.165) is 19.0 Å². The van der Waals surface area contributed by atoms with Crippen LogP contribution in [0, 0.1) is 5.82 Å². The maximum Gasteiger partial charge on any atom is 0.131 e. The van der Waals surface area contributed by atoms with Gasteiger partial charge in [0.2, 0.25) is 0 Å². The Balaban J connectivity index is 2.64. The monoisotopic (exact) mass is 241 g/mol. The van der Waals surface area contributed by atoms with E-state index in [1.165, 1.54) is 6.07 Å². The Morgan fingerprint density at radius 3 is 2.76 bits per heavy atom. The van der Waals surface area contributed by atoms with Crippen LogP contribution in [0.15, 0.2) is 18.2 Å². The van der Waals surface area contributed by atoms with E-state index in [1.54, 1.807) is 13.2 Å². The number of nitrogens with zero attached hydrogens (tertiary/aromatic N) is 1. The third-order valence-electron chi connectivity index (χ3n) is 2.95. The van der Waals surface area contributed by atoms with Crippen molar-refractivity contribution in [3.63, 3.8) is 0 Å². The fraction of sp³-hybridized carbons (Fsp3) is 0.538. The van der Waals surface area contributed by atoms with Gasteiger partial charge in [-0.1, -0.05) is 6.07 Å². The van der Waals surface area contributed by atoms with Crippen LogP contribution >= 0.6 is 0 Å². The highest BCUT2D eigenvalue weighted by Crippen LogP contribution is 2.24. The van der Waals surface area contributed by atoms with Gasteiger partial charge in [-0.3, -0.25) is 4.90 Å². The zero-order valence-corrected chi connectivity index (χ0v) is 10.6. The molecule has 0 aliphatic carbocycles. The summed E-state index contributed by atoms with van der Waals surface area (Å²) >= 11 is 0. The molecule has 0 aliphatic heterocycles. The van der Waals surface area contributed by atoms with Gasteiger partial charge in [0.05, 0.1) is 0 Å². The molecule has 17 heavy (non-hydrogen) atoms. The molecule has 0 heterocycles. The van der Waals surface area contributed by atoms with Crippen molar-refractivity contribution in [3.8, 4) is 5.75 Å². The van der Waals surface area contributed by atoms with Crippen LogP contribution in [0.3, 0.4) is 0 Å². The lowest BCUT2D eigenvalue weighted by Gasteiger charge is -2.25. The van der Waals surface area contributed by atoms with Crippen LogP contribution in [0.2, 0.25) is 0 Å². The summed E-state index contributed by atoms with van der Waals surface area (Å²) in [7, 11) is 3.62. The molecule has 0 fully saturated rings. The van der Waals surface area contributed by atoms with E-state index in [2.05, 4.69) is 4.90 Å². The van der Waals surface area contributed by atoms with Crippen LogP contribution in [0.4, 0.5) is 4.39 Å². The van der Waals surface area contributed by atoms with Crippen LogP contribution in [0.1, 0.15) is 24.9 Å². The zero-order chi connectivity index (χ0) is 12.8. The molecule has 4 heteroatoms. The Hall–Kier alpha value is -1.13. The number of phenolic OH excluding ortho intramolecular Hbond substituents is 1. The zero-order valence-electron chi connectivity index (χ0n) is 10.6. The van der Waals surface area contributed by atoms with Gasteiger partial charge in [-0.25, -0.2) is 4.39 Å². The number of methoxy groups -OCH3 is 1. The molecule has 1 rings (SSSR count). The van der Waals surface area contributed by atoms with Crippen LogP contribution in [0.25, 0.3) is 0 Å². The maximum absolute atomic E-state index is 13.6. The summed E-state index contributed by atoms with van der Waals surface area (Å²) in [6.07, 6.45) is 0.914. The molecule has 96 valence electrons. The Labute approximate surface area is 102 Å². The van der Waals surface area contributed by atoms with Crippen LogP contribution in [0.5, 0.6) is 5.75 Å². The molecule has 0 saturated carbocycles. The molecule has 1 aromatic rings.